The van der Waals surface area contributed by atoms with E-state index < -0.39 is 11.7 Å². The number of nitrogens with zero attached hydrogens (tertiary/aromatic N) is 5. The first kappa shape index (κ1) is 21.3. The Kier molecular flexibility index (Phi) is 5.25. The molecule has 3 aromatic rings. The number of aryl methyl sites for hydroxylation is 1. The molecule has 0 unspecified atom stereocenters. The summed E-state index contributed by atoms with van der Waals surface area (Å²) in [5.74, 6) is -3.47. The van der Waals surface area contributed by atoms with Crippen molar-refractivity contribution in [3.05, 3.63) is 36.0 Å². The fourth-order valence-electron chi connectivity index (χ4n) is 4.01. The van der Waals surface area contributed by atoms with E-state index >= 15 is 0 Å². The summed E-state index contributed by atoms with van der Waals surface area (Å²) in [6.07, 6.45) is 5.66. The van der Waals surface area contributed by atoms with E-state index in [-0.39, 0.29) is 11.9 Å². The largest absolute Gasteiger partial charge is 0.342 e. The highest BCUT2D eigenvalue weighted by Crippen LogP contribution is 2.41. The summed E-state index contributed by atoms with van der Waals surface area (Å²) in [5, 5.41) is 3.49. The standard InChI is InChI=1S/C22H26F2N6O/c1-12-6-18(28-21(26-12)22(3,23)24)17-11-30(15-7-14(8-15)29(4)5)19-10-25-20(9-16(17)19)27-13(2)31/h6,9-11,14-15H,7-8H2,1-5H3,(H,25,27,31). The number of hydrogen-bond donors (Lipinski definition) is 1. The number of halogens is 2. The van der Waals surface area contributed by atoms with E-state index in [0.717, 1.165) is 30.7 Å². The predicted molar refractivity (Wildman–Crippen MR) is 115 cm³/mol. The Morgan fingerprint density at radius 3 is 2.58 bits per heavy atom. The molecule has 1 aliphatic rings. The van der Waals surface area contributed by atoms with E-state index in [0.29, 0.717) is 28.8 Å². The Hall–Kier alpha value is -2.94. The van der Waals surface area contributed by atoms with Crippen LogP contribution in [0.25, 0.3) is 22.2 Å². The first-order chi connectivity index (χ1) is 14.5. The van der Waals surface area contributed by atoms with Crippen LogP contribution >= 0.6 is 0 Å². The van der Waals surface area contributed by atoms with Gasteiger partial charge in [0.1, 0.15) is 5.82 Å². The number of carbonyl (C=O) groups excluding carboxylic acids is 1. The minimum Gasteiger partial charge on any atom is -0.342 e. The third-order valence-electron chi connectivity index (χ3n) is 5.76. The number of anilines is 1. The van der Waals surface area contributed by atoms with E-state index in [1.165, 1.54) is 6.92 Å². The van der Waals surface area contributed by atoms with Crippen LogP contribution < -0.4 is 5.32 Å². The van der Waals surface area contributed by atoms with Crippen LogP contribution in [0.1, 0.15) is 44.2 Å². The lowest BCUT2D eigenvalue weighted by Crippen LogP contribution is -2.41. The zero-order valence-corrected chi connectivity index (χ0v) is 18.3. The van der Waals surface area contributed by atoms with Crippen LogP contribution in [-0.2, 0) is 10.7 Å². The number of nitrogens with one attached hydrogen (secondary N) is 1. The molecule has 1 N–H and O–H groups in total. The van der Waals surface area contributed by atoms with Gasteiger partial charge in [-0.1, -0.05) is 0 Å². The lowest BCUT2D eigenvalue weighted by atomic mass is 9.85. The van der Waals surface area contributed by atoms with Crippen molar-refractivity contribution >= 4 is 22.6 Å². The molecule has 9 heteroatoms. The van der Waals surface area contributed by atoms with E-state index in [1.54, 1.807) is 25.3 Å². The summed E-state index contributed by atoms with van der Waals surface area (Å²) < 4.78 is 30.1. The first-order valence-corrected chi connectivity index (χ1v) is 10.2. The molecular weight excluding hydrogens is 402 g/mol. The van der Waals surface area contributed by atoms with E-state index in [9.17, 15) is 13.6 Å². The van der Waals surface area contributed by atoms with Crippen molar-refractivity contribution in [1.82, 2.24) is 24.4 Å². The molecule has 0 spiro atoms. The topological polar surface area (TPSA) is 75.9 Å². The Balaban J connectivity index is 1.86. The molecule has 3 heterocycles. The molecule has 0 radical (unpaired) electrons. The SMILES string of the molecule is CC(=O)Nc1cc2c(-c3cc(C)nc(C(C)(F)F)n3)cn(C3CC(N(C)C)C3)c2cn1. The van der Waals surface area contributed by atoms with Crippen LogP contribution in [0, 0.1) is 6.92 Å². The van der Waals surface area contributed by atoms with Gasteiger partial charge >= 0.3 is 5.92 Å². The number of amides is 1. The second kappa shape index (κ2) is 7.64. The van der Waals surface area contributed by atoms with Crippen LogP contribution in [0.5, 0.6) is 0 Å². The molecule has 0 aliphatic heterocycles. The number of rotatable bonds is 5. The average molecular weight is 428 g/mol. The van der Waals surface area contributed by atoms with Gasteiger partial charge in [-0.25, -0.2) is 15.0 Å². The molecule has 0 bridgehead atoms. The molecule has 1 amide bonds. The van der Waals surface area contributed by atoms with Gasteiger partial charge in [-0.3, -0.25) is 4.79 Å². The lowest BCUT2D eigenvalue weighted by molar-refractivity contribution is -0.114. The highest BCUT2D eigenvalue weighted by molar-refractivity contribution is 5.98. The Labute approximate surface area is 179 Å². The van der Waals surface area contributed by atoms with Crippen molar-refractivity contribution in [2.45, 2.75) is 51.6 Å². The quantitative estimate of drug-likeness (QED) is 0.661. The molecule has 0 saturated heterocycles. The molecule has 0 atom stereocenters. The Morgan fingerprint density at radius 1 is 1.26 bits per heavy atom. The second-order valence-electron chi connectivity index (χ2n) is 8.57. The van der Waals surface area contributed by atoms with Crippen LogP contribution in [0.2, 0.25) is 0 Å². The van der Waals surface area contributed by atoms with Gasteiger partial charge in [0.05, 0.1) is 17.4 Å². The molecule has 3 aromatic heterocycles. The summed E-state index contributed by atoms with van der Waals surface area (Å²) in [6.45, 7) is 3.89. The van der Waals surface area contributed by atoms with Gasteiger partial charge in [0.15, 0.2) is 5.82 Å². The lowest BCUT2D eigenvalue weighted by Gasteiger charge is -2.40. The van der Waals surface area contributed by atoms with Gasteiger partial charge in [-0.15, -0.1) is 0 Å². The molecule has 31 heavy (non-hydrogen) atoms. The number of pyridine rings is 1. The summed E-state index contributed by atoms with van der Waals surface area (Å²) in [4.78, 5) is 26.2. The highest BCUT2D eigenvalue weighted by Gasteiger charge is 2.34. The Morgan fingerprint density at radius 2 is 1.97 bits per heavy atom. The highest BCUT2D eigenvalue weighted by atomic mass is 19.3. The summed E-state index contributed by atoms with van der Waals surface area (Å²) in [6, 6.07) is 4.26. The van der Waals surface area contributed by atoms with Gasteiger partial charge in [0.25, 0.3) is 0 Å². The van der Waals surface area contributed by atoms with Crippen molar-refractivity contribution in [3.8, 4) is 11.3 Å². The van der Waals surface area contributed by atoms with E-state index in [2.05, 4.69) is 43.8 Å². The zero-order valence-electron chi connectivity index (χ0n) is 18.3. The third-order valence-corrected chi connectivity index (χ3v) is 5.76. The number of aromatic nitrogens is 4. The molecule has 164 valence electrons. The number of fused-ring (bicyclic) bond motifs is 1. The van der Waals surface area contributed by atoms with Crippen molar-refractivity contribution in [3.63, 3.8) is 0 Å². The first-order valence-electron chi connectivity index (χ1n) is 10.2. The number of carbonyl (C=O) groups is 1. The zero-order chi connectivity index (χ0) is 22.5. The Bertz CT molecular complexity index is 1140. The van der Waals surface area contributed by atoms with Crippen molar-refractivity contribution in [2.75, 3.05) is 19.4 Å². The van der Waals surface area contributed by atoms with Crippen molar-refractivity contribution in [1.29, 1.82) is 0 Å². The van der Waals surface area contributed by atoms with Crippen LogP contribution in [-0.4, -0.2) is 50.5 Å². The van der Waals surface area contributed by atoms with Crippen LogP contribution in [0.4, 0.5) is 14.6 Å². The maximum absolute atomic E-state index is 14.0. The van der Waals surface area contributed by atoms with E-state index in [4.69, 9.17) is 0 Å². The van der Waals surface area contributed by atoms with Crippen molar-refractivity contribution < 1.29 is 13.6 Å². The number of hydrogen-bond acceptors (Lipinski definition) is 5. The molecule has 7 nitrogen and oxygen atoms in total. The minimum atomic E-state index is -3.14. The molecule has 1 saturated carbocycles. The van der Waals surface area contributed by atoms with Gasteiger partial charge in [0, 0.05) is 48.8 Å². The fourth-order valence-corrected chi connectivity index (χ4v) is 4.01. The normalized spacial score (nSPS) is 19.0. The third kappa shape index (κ3) is 4.14. The molecule has 4 rings (SSSR count). The molecular formula is C22H26F2N6O. The van der Waals surface area contributed by atoms with Crippen LogP contribution in [0.15, 0.2) is 24.5 Å². The van der Waals surface area contributed by atoms with Crippen LogP contribution in [0.3, 0.4) is 0 Å². The molecule has 1 aliphatic carbocycles. The predicted octanol–water partition coefficient (Wildman–Crippen LogP) is 4.14. The summed E-state index contributed by atoms with van der Waals surface area (Å²) in [7, 11) is 4.13. The maximum atomic E-state index is 14.0. The smallest absolute Gasteiger partial charge is 0.303 e. The fraction of sp³-hybridized carbons (Fsp3) is 0.455. The van der Waals surface area contributed by atoms with Gasteiger partial charge in [0.2, 0.25) is 5.91 Å². The van der Waals surface area contributed by atoms with E-state index in [1.807, 2.05) is 6.20 Å². The minimum absolute atomic E-state index is 0.230. The molecule has 0 aromatic carbocycles. The maximum Gasteiger partial charge on any atom is 0.303 e. The molecule has 1 fully saturated rings. The van der Waals surface area contributed by atoms with Gasteiger partial charge < -0.3 is 14.8 Å². The second-order valence-corrected chi connectivity index (χ2v) is 8.57. The summed E-state index contributed by atoms with van der Waals surface area (Å²) >= 11 is 0. The van der Waals surface area contributed by atoms with Crippen molar-refractivity contribution in [2.24, 2.45) is 0 Å². The van der Waals surface area contributed by atoms with Gasteiger partial charge in [-0.2, -0.15) is 8.78 Å². The number of alkyl halides is 2. The average Bonchev–Trinajstić information content (AvgIpc) is 2.97. The van der Waals surface area contributed by atoms with Gasteiger partial charge in [-0.05, 0) is 46.0 Å². The monoisotopic (exact) mass is 428 g/mol. The summed E-state index contributed by atoms with van der Waals surface area (Å²) in [5.41, 5.74) is 2.49.